The summed E-state index contributed by atoms with van der Waals surface area (Å²) in [7, 11) is 0. The molecule has 1 atom stereocenters. The minimum absolute atomic E-state index is 0.00192. The number of ether oxygens (including phenoxy) is 2. The number of hydrogen-bond donors (Lipinski definition) is 3. The number of aliphatic hydroxyl groups is 1. The van der Waals surface area contributed by atoms with Crippen molar-refractivity contribution in [3.63, 3.8) is 0 Å². The quantitative estimate of drug-likeness (QED) is 0.179. The Balaban J connectivity index is 1.61. The van der Waals surface area contributed by atoms with Gasteiger partial charge in [0, 0.05) is 44.1 Å². The van der Waals surface area contributed by atoms with Gasteiger partial charge in [0.15, 0.2) is 5.82 Å². The summed E-state index contributed by atoms with van der Waals surface area (Å²) in [5.41, 5.74) is 0.190. The van der Waals surface area contributed by atoms with E-state index in [0.717, 1.165) is 25.9 Å². The first kappa shape index (κ1) is 31.1. The number of anilines is 1. The summed E-state index contributed by atoms with van der Waals surface area (Å²) in [6, 6.07) is -0.588. The highest BCUT2D eigenvalue weighted by Gasteiger charge is 2.24. The standard InChI is InChI=1S/C25H38F4N6O4/c1-16(15-39-24(28)29)32-25-31-14-20(21(34-25)30-13-17-3-5-19(36)6-4-17)22(37)33-18-7-10-35(11-8-18)9-2-12-38-23(26)27/h13-14,16-19,23-24,36H,2-12,15H2,1H3,(H,33,37)(H,31,32,34)/b30-13-/t16-,17?,19?/m0/s1. The lowest BCUT2D eigenvalue weighted by molar-refractivity contribution is -0.130. The molecule has 0 bridgehead atoms. The van der Waals surface area contributed by atoms with Gasteiger partial charge in [0.2, 0.25) is 5.95 Å². The lowest BCUT2D eigenvalue weighted by Crippen LogP contribution is -2.45. The Morgan fingerprint density at radius 2 is 1.85 bits per heavy atom. The summed E-state index contributed by atoms with van der Waals surface area (Å²) >= 11 is 0. The number of piperidine rings is 1. The van der Waals surface area contributed by atoms with Crippen molar-refractivity contribution in [2.24, 2.45) is 10.9 Å². The number of nitrogens with one attached hydrogen (secondary N) is 2. The smallest absolute Gasteiger partial charge is 0.345 e. The zero-order valence-corrected chi connectivity index (χ0v) is 22.1. The van der Waals surface area contributed by atoms with Crippen LogP contribution in [-0.2, 0) is 9.47 Å². The van der Waals surface area contributed by atoms with Crippen LogP contribution in [0.3, 0.4) is 0 Å². The van der Waals surface area contributed by atoms with Crippen molar-refractivity contribution in [1.29, 1.82) is 0 Å². The van der Waals surface area contributed by atoms with Crippen LogP contribution in [0.15, 0.2) is 11.2 Å². The SMILES string of the molecule is C[C@@H](COC(F)F)Nc1ncc(C(=O)NC2CCN(CCCOC(F)F)CC2)c(/N=C\C2CCC(O)CC2)n1. The topological polar surface area (TPSA) is 121 Å². The molecule has 1 aliphatic carbocycles. The maximum atomic E-state index is 13.2. The second kappa shape index (κ2) is 16.0. The summed E-state index contributed by atoms with van der Waals surface area (Å²) in [5.74, 6) is 0.0666. The van der Waals surface area contributed by atoms with Crippen molar-refractivity contribution >= 4 is 23.9 Å². The van der Waals surface area contributed by atoms with Crippen molar-refractivity contribution in [3.05, 3.63) is 11.8 Å². The van der Waals surface area contributed by atoms with Gasteiger partial charge < -0.3 is 30.1 Å². The van der Waals surface area contributed by atoms with Gasteiger partial charge in [-0.1, -0.05) is 0 Å². The number of amides is 1. The Morgan fingerprint density at radius 3 is 2.51 bits per heavy atom. The van der Waals surface area contributed by atoms with Crippen LogP contribution in [0.4, 0.5) is 29.3 Å². The van der Waals surface area contributed by atoms with E-state index in [1.165, 1.54) is 6.20 Å². The molecule has 0 radical (unpaired) electrons. The lowest BCUT2D eigenvalue weighted by Gasteiger charge is -2.32. The molecule has 14 heteroatoms. The largest absolute Gasteiger partial charge is 0.393 e. The number of nitrogens with zero attached hydrogens (tertiary/aromatic N) is 4. The average molecular weight is 563 g/mol. The molecule has 220 valence electrons. The number of alkyl halides is 4. The maximum Gasteiger partial charge on any atom is 0.345 e. The zero-order chi connectivity index (χ0) is 28.2. The van der Waals surface area contributed by atoms with Crippen molar-refractivity contribution in [1.82, 2.24) is 20.2 Å². The molecule has 10 nitrogen and oxygen atoms in total. The van der Waals surface area contributed by atoms with E-state index < -0.39 is 19.3 Å². The van der Waals surface area contributed by atoms with Crippen LogP contribution >= 0.6 is 0 Å². The maximum absolute atomic E-state index is 13.2. The van der Waals surface area contributed by atoms with Crippen LogP contribution < -0.4 is 10.6 Å². The molecule has 0 aromatic carbocycles. The molecule has 1 amide bonds. The first-order valence-electron chi connectivity index (χ1n) is 13.4. The number of aromatic nitrogens is 2. The van der Waals surface area contributed by atoms with Gasteiger partial charge in [-0.3, -0.25) is 4.79 Å². The molecule has 0 unspecified atom stereocenters. The number of carbonyl (C=O) groups excluding carboxylic acids is 1. The van der Waals surface area contributed by atoms with Gasteiger partial charge >= 0.3 is 13.2 Å². The van der Waals surface area contributed by atoms with Crippen LogP contribution in [0.1, 0.15) is 62.2 Å². The summed E-state index contributed by atoms with van der Waals surface area (Å²) in [4.78, 5) is 28.4. The Morgan fingerprint density at radius 1 is 1.15 bits per heavy atom. The first-order chi connectivity index (χ1) is 18.7. The van der Waals surface area contributed by atoms with E-state index >= 15 is 0 Å². The molecule has 1 saturated carbocycles. The summed E-state index contributed by atoms with van der Waals surface area (Å²) in [6.07, 6.45) is 7.62. The molecular formula is C25H38F4N6O4. The van der Waals surface area contributed by atoms with Crippen LogP contribution in [0.2, 0.25) is 0 Å². The van der Waals surface area contributed by atoms with Gasteiger partial charge in [-0.25, -0.2) is 9.98 Å². The Hall–Kier alpha value is -2.42. The van der Waals surface area contributed by atoms with Gasteiger partial charge in [0.1, 0.15) is 5.56 Å². The number of likely N-dealkylation sites (tertiary alicyclic amines) is 1. The number of rotatable bonds is 14. The van der Waals surface area contributed by atoms with E-state index in [9.17, 15) is 27.5 Å². The third kappa shape index (κ3) is 11.3. The van der Waals surface area contributed by atoms with E-state index in [4.69, 9.17) is 0 Å². The van der Waals surface area contributed by atoms with Crippen LogP contribution in [0.5, 0.6) is 0 Å². The third-order valence-corrected chi connectivity index (χ3v) is 6.80. The van der Waals surface area contributed by atoms with Gasteiger partial charge in [-0.15, -0.1) is 0 Å². The number of hydrogen-bond acceptors (Lipinski definition) is 9. The molecule has 2 heterocycles. The van der Waals surface area contributed by atoms with Gasteiger partial charge in [0.05, 0.1) is 19.3 Å². The molecule has 39 heavy (non-hydrogen) atoms. The fourth-order valence-electron chi connectivity index (χ4n) is 4.63. The van der Waals surface area contributed by atoms with Gasteiger partial charge in [-0.2, -0.15) is 22.5 Å². The highest BCUT2D eigenvalue weighted by molar-refractivity contribution is 5.98. The normalized spacial score (nSPS) is 22.1. The summed E-state index contributed by atoms with van der Waals surface area (Å²) in [6.45, 7) is -2.18. The average Bonchev–Trinajstić information content (AvgIpc) is 2.90. The lowest BCUT2D eigenvalue weighted by atomic mass is 9.88. The molecule has 1 aromatic rings. The van der Waals surface area contributed by atoms with Gasteiger partial charge in [-0.05, 0) is 57.8 Å². The van der Waals surface area contributed by atoms with Crippen LogP contribution in [0.25, 0.3) is 0 Å². The predicted octanol–water partition coefficient (Wildman–Crippen LogP) is 3.59. The van der Waals surface area contributed by atoms with Crippen LogP contribution in [-0.4, -0.2) is 96.4 Å². The van der Waals surface area contributed by atoms with Crippen molar-refractivity contribution in [3.8, 4) is 0 Å². The minimum Gasteiger partial charge on any atom is -0.393 e. The molecule has 2 fully saturated rings. The second-order valence-electron chi connectivity index (χ2n) is 9.99. The van der Waals surface area contributed by atoms with E-state index in [2.05, 4.69) is 40.0 Å². The molecule has 0 spiro atoms. The molecule has 3 N–H and O–H groups in total. The second-order valence-corrected chi connectivity index (χ2v) is 9.99. The number of aliphatic imine (C=N–C) groups is 1. The highest BCUT2D eigenvalue weighted by Crippen LogP contribution is 2.25. The minimum atomic E-state index is -2.89. The fourth-order valence-corrected chi connectivity index (χ4v) is 4.63. The molecule has 1 saturated heterocycles. The van der Waals surface area contributed by atoms with Crippen molar-refractivity contribution < 1.29 is 36.9 Å². The molecule has 1 aromatic heterocycles. The molecular weight excluding hydrogens is 524 g/mol. The Bertz CT molecular complexity index is 913. The van der Waals surface area contributed by atoms with E-state index in [1.54, 1.807) is 13.1 Å². The van der Waals surface area contributed by atoms with Crippen LogP contribution in [0, 0.1) is 5.92 Å². The van der Waals surface area contributed by atoms with E-state index in [-0.39, 0.29) is 54.5 Å². The third-order valence-electron chi connectivity index (χ3n) is 6.80. The van der Waals surface area contributed by atoms with E-state index in [1.807, 2.05) is 0 Å². The highest BCUT2D eigenvalue weighted by atomic mass is 19.3. The first-order valence-corrected chi connectivity index (χ1v) is 13.4. The number of carbonyl (C=O) groups is 1. The predicted molar refractivity (Wildman–Crippen MR) is 137 cm³/mol. The van der Waals surface area contributed by atoms with Gasteiger partial charge in [0.25, 0.3) is 5.91 Å². The summed E-state index contributed by atoms with van der Waals surface area (Å²) < 4.78 is 57.5. The van der Waals surface area contributed by atoms with E-state index in [0.29, 0.717) is 38.6 Å². The molecule has 2 aliphatic rings. The Labute approximate surface area is 225 Å². The zero-order valence-electron chi connectivity index (χ0n) is 22.1. The fraction of sp³-hybridized carbons (Fsp3) is 0.760. The number of halogens is 4. The summed E-state index contributed by atoms with van der Waals surface area (Å²) in [5, 5.41) is 15.7. The molecule has 3 rings (SSSR count). The Kier molecular flexibility index (Phi) is 12.8. The molecule has 1 aliphatic heterocycles. The monoisotopic (exact) mass is 562 g/mol. The van der Waals surface area contributed by atoms with Crippen molar-refractivity contribution in [2.75, 3.05) is 38.2 Å². The van der Waals surface area contributed by atoms with Crippen molar-refractivity contribution in [2.45, 2.75) is 83.3 Å². The number of aliphatic hydroxyl groups excluding tert-OH is 1.